The second-order valence-corrected chi connectivity index (χ2v) is 5.91. The number of carbonyl (C=O) groups excluding carboxylic acids is 1. The number of benzene rings is 1. The number of anilines is 1. The van der Waals surface area contributed by atoms with E-state index in [1.54, 1.807) is 0 Å². The number of rotatable bonds is 4. The predicted molar refractivity (Wildman–Crippen MR) is 76.2 cm³/mol. The molecule has 0 aliphatic carbocycles. The van der Waals surface area contributed by atoms with E-state index in [2.05, 4.69) is 28.2 Å². The molecule has 0 fully saturated rings. The number of carbonyl (C=O) groups is 1. The summed E-state index contributed by atoms with van der Waals surface area (Å²) in [4.78, 5) is 12.1. The van der Waals surface area contributed by atoms with Crippen molar-refractivity contribution in [3.8, 4) is 0 Å². The quantitative estimate of drug-likeness (QED) is 0.869. The van der Waals surface area contributed by atoms with E-state index in [0.717, 1.165) is 28.6 Å². The molecule has 0 atom stereocenters. The molecule has 2 nitrogen and oxygen atoms in total. The standard InChI is InChI=1S/C14H20BrNO/c1-5-8-14(3,4)13(17)16-11-6-7-12(15)10(2)9-11/h6-7,9H,5,8H2,1-4H3,(H,16,17). The highest BCUT2D eigenvalue weighted by Gasteiger charge is 2.26. The van der Waals surface area contributed by atoms with Crippen LogP contribution in [-0.2, 0) is 4.79 Å². The second-order valence-electron chi connectivity index (χ2n) is 5.05. The minimum atomic E-state index is -0.310. The Morgan fingerprint density at radius 3 is 2.59 bits per heavy atom. The normalized spacial score (nSPS) is 11.4. The first-order chi connectivity index (χ1) is 7.86. The molecule has 0 saturated carbocycles. The number of halogens is 1. The Morgan fingerprint density at radius 1 is 1.41 bits per heavy atom. The first-order valence-electron chi connectivity index (χ1n) is 5.94. The highest BCUT2D eigenvalue weighted by molar-refractivity contribution is 9.10. The highest BCUT2D eigenvalue weighted by Crippen LogP contribution is 2.26. The molecule has 3 heteroatoms. The summed E-state index contributed by atoms with van der Waals surface area (Å²) in [5.74, 6) is 0.0843. The summed E-state index contributed by atoms with van der Waals surface area (Å²) in [5, 5.41) is 2.98. The summed E-state index contributed by atoms with van der Waals surface area (Å²) in [7, 11) is 0. The van der Waals surface area contributed by atoms with Crippen molar-refractivity contribution in [2.45, 2.75) is 40.5 Å². The zero-order chi connectivity index (χ0) is 13.1. The molecule has 0 bridgehead atoms. The zero-order valence-corrected chi connectivity index (χ0v) is 12.5. The molecular weight excluding hydrogens is 278 g/mol. The summed E-state index contributed by atoms with van der Waals surface area (Å²) < 4.78 is 1.06. The first kappa shape index (κ1) is 14.2. The van der Waals surface area contributed by atoms with Crippen molar-refractivity contribution in [3.63, 3.8) is 0 Å². The van der Waals surface area contributed by atoms with E-state index in [1.807, 2.05) is 39.0 Å². The number of amides is 1. The number of hydrogen-bond acceptors (Lipinski definition) is 1. The predicted octanol–water partition coefficient (Wildman–Crippen LogP) is 4.52. The lowest BCUT2D eigenvalue weighted by atomic mass is 9.87. The maximum atomic E-state index is 12.1. The third-order valence-electron chi connectivity index (χ3n) is 2.91. The van der Waals surface area contributed by atoms with Crippen LogP contribution in [0.4, 0.5) is 5.69 Å². The van der Waals surface area contributed by atoms with Gasteiger partial charge in [-0.25, -0.2) is 0 Å². The van der Waals surface area contributed by atoms with Crippen LogP contribution in [0.15, 0.2) is 22.7 Å². The maximum absolute atomic E-state index is 12.1. The molecule has 0 radical (unpaired) electrons. The Labute approximate surface area is 112 Å². The summed E-state index contributed by atoms with van der Waals surface area (Å²) in [6.45, 7) is 8.07. The number of nitrogens with one attached hydrogen (secondary N) is 1. The van der Waals surface area contributed by atoms with Gasteiger partial charge in [0.25, 0.3) is 0 Å². The van der Waals surface area contributed by atoms with Gasteiger partial charge in [-0.2, -0.15) is 0 Å². The Kier molecular flexibility index (Phi) is 4.75. The van der Waals surface area contributed by atoms with Gasteiger partial charge in [-0.3, -0.25) is 4.79 Å². The van der Waals surface area contributed by atoms with Crippen LogP contribution in [-0.4, -0.2) is 5.91 Å². The fourth-order valence-corrected chi connectivity index (χ4v) is 2.01. The van der Waals surface area contributed by atoms with Crippen LogP contribution in [0.5, 0.6) is 0 Å². The third kappa shape index (κ3) is 3.84. The monoisotopic (exact) mass is 297 g/mol. The molecule has 0 aromatic heterocycles. The van der Waals surface area contributed by atoms with Gasteiger partial charge in [-0.05, 0) is 37.1 Å². The smallest absolute Gasteiger partial charge is 0.230 e. The zero-order valence-electron chi connectivity index (χ0n) is 10.9. The van der Waals surface area contributed by atoms with E-state index in [9.17, 15) is 4.79 Å². The molecular formula is C14H20BrNO. The molecule has 1 N–H and O–H groups in total. The van der Waals surface area contributed by atoms with Crippen LogP contribution >= 0.6 is 15.9 Å². The molecule has 1 rings (SSSR count). The Morgan fingerprint density at radius 2 is 2.06 bits per heavy atom. The fraction of sp³-hybridized carbons (Fsp3) is 0.500. The molecule has 0 saturated heterocycles. The molecule has 0 aliphatic rings. The van der Waals surface area contributed by atoms with Crippen LogP contribution in [0.3, 0.4) is 0 Å². The average Bonchev–Trinajstić information content (AvgIpc) is 2.23. The summed E-state index contributed by atoms with van der Waals surface area (Å²) >= 11 is 3.45. The van der Waals surface area contributed by atoms with Gasteiger partial charge in [0.15, 0.2) is 0 Å². The Hall–Kier alpha value is -0.830. The van der Waals surface area contributed by atoms with Crippen molar-refractivity contribution in [2.24, 2.45) is 5.41 Å². The SMILES string of the molecule is CCCC(C)(C)C(=O)Nc1ccc(Br)c(C)c1. The molecule has 0 heterocycles. The Balaban J connectivity index is 2.77. The van der Waals surface area contributed by atoms with Gasteiger partial charge in [-0.15, -0.1) is 0 Å². The van der Waals surface area contributed by atoms with Gasteiger partial charge in [0.2, 0.25) is 5.91 Å². The van der Waals surface area contributed by atoms with Crippen LogP contribution in [0.25, 0.3) is 0 Å². The number of aryl methyl sites for hydroxylation is 1. The number of hydrogen-bond donors (Lipinski definition) is 1. The summed E-state index contributed by atoms with van der Waals surface area (Å²) in [5.41, 5.74) is 1.67. The van der Waals surface area contributed by atoms with E-state index < -0.39 is 0 Å². The van der Waals surface area contributed by atoms with Crippen LogP contribution in [0.2, 0.25) is 0 Å². The van der Waals surface area contributed by atoms with E-state index in [0.29, 0.717) is 0 Å². The van der Waals surface area contributed by atoms with Gasteiger partial charge in [-0.1, -0.05) is 43.1 Å². The molecule has 1 aromatic rings. The van der Waals surface area contributed by atoms with Crippen LogP contribution in [0.1, 0.15) is 39.2 Å². The largest absolute Gasteiger partial charge is 0.326 e. The highest BCUT2D eigenvalue weighted by atomic mass is 79.9. The van der Waals surface area contributed by atoms with Gasteiger partial charge >= 0.3 is 0 Å². The molecule has 94 valence electrons. The molecule has 1 amide bonds. The molecule has 0 aliphatic heterocycles. The topological polar surface area (TPSA) is 29.1 Å². The van der Waals surface area contributed by atoms with E-state index >= 15 is 0 Å². The van der Waals surface area contributed by atoms with E-state index in [-0.39, 0.29) is 11.3 Å². The van der Waals surface area contributed by atoms with Crippen molar-refractivity contribution < 1.29 is 4.79 Å². The van der Waals surface area contributed by atoms with Crippen molar-refractivity contribution >= 4 is 27.5 Å². The van der Waals surface area contributed by atoms with Gasteiger partial charge in [0, 0.05) is 15.6 Å². The van der Waals surface area contributed by atoms with E-state index in [1.165, 1.54) is 0 Å². The lowest BCUT2D eigenvalue weighted by Crippen LogP contribution is -2.30. The lowest BCUT2D eigenvalue weighted by molar-refractivity contribution is -0.124. The second kappa shape index (κ2) is 5.67. The molecule has 0 spiro atoms. The molecule has 1 aromatic carbocycles. The van der Waals surface area contributed by atoms with Crippen LogP contribution in [0, 0.1) is 12.3 Å². The summed E-state index contributed by atoms with van der Waals surface area (Å²) in [6, 6.07) is 5.85. The lowest BCUT2D eigenvalue weighted by Gasteiger charge is -2.23. The van der Waals surface area contributed by atoms with Gasteiger partial charge in [0.05, 0.1) is 0 Å². The molecule has 17 heavy (non-hydrogen) atoms. The van der Waals surface area contributed by atoms with Gasteiger partial charge in [0.1, 0.15) is 0 Å². The van der Waals surface area contributed by atoms with Crippen molar-refractivity contribution in [1.82, 2.24) is 0 Å². The summed E-state index contributed by atoms with van der Waals surface area (Å²) in [6.07, 6.45) is 1.91. The van der Waals surface area contributed by atoms with E-state index in [4.69, 9.17) is 0 Å². The van der Waals surface area contributed by atoms with Crippen molar-refractivity contribution in [3.05, 3.63) is 28.2 Å². The fourth-order valence-electron chi connectivity index (χ4n) is 1.76. The van der Waals surface area contributed by atoms with Gasteiger partial charge < -0.3 is 5.32 Å². The van der Waals surface area contributed by atoms with Crippen LogP contribution < -0.4 is 5.32 Å². The Bertz CT molecular complexity index is 413. The van der Waals surface area contributed by atoms with Crippen molar-refractivity contribution in [2.75, 3.05) is 5.32 Å². The minimum absolute atomic E-state index is 0.0843. The average molecular weight is 298 g/mol. The first-order valence-corrected chi connectivity index (χ1v) is 6.73. The molecule has 0 unspecified atom stereocenters. The van der Waals surface area contributed by atoms with Crippen molar-refractivity contribution in [1.29, 1.82) is 0 Å². The minimum Gasteiger partial charge on any atom is -0.326 e. The third-order valence-corrected chi connectivity index (χ3v) is 3.80. The maximum Gasteiger partial charge on any atom is 0.230 e.